The minimum absolute atomic E-state index is 0.175. The molecule has 3 aromatic rings. The van der Waals surface area contributed by atoms with E-state index in [4.69, 9.17) is 4.74 Å². The summed E-state index contributed by atoms with van der Waals surface area (Å²) in [5.74, 6) is -0.0511. The molecule has 1 heterocycles. The van der Waals surface area contributed by atoms with Gasteiger partial charge in [-0.05, 0) is 38.1 Å². The van der Waals surface area contributed by atoms with Crippen molar-refractivity contribution in [2.45, 2.75) is 25.2 Å². The van der Waals surface area contributed by atoms with Crippen LogP contribution < -0.4 is 0 Å². The van der Waals surface area contributed by atoms with Gasteiger partial charge in [0.05, 0.1) is 17.8 Å². The lowest BCUT2D eigenvalue weighted by Gasteiger charge is -2.07. The number of para-hydroxylation sites is 1. The Labute approximate surface area is 162 Å². The van der Waals surface area contributed by atoms with Gasteiger partial charge in [-0.3, -0.25) is 4.79 Å². The van der Waals surface area contributed by atoms with E-state index in [1.54, 1.807) is 18.2 Å². The first-order valence-electron chi connectivity index (χ1n) is 8.69. The van der Waals surface area contributed by atoms with E-state index in [1.807, 2.05) is 48.9 Å². The Kier molecular flexibility index (Phi) is 6.29. The van der Waals surface area contributed by atoms with E-state index in [2.05, 4.69) is 5.10 Å². The Balaban J connectivity index is 1.55. The molecule has 0 saturated carbocycles. The highest BCUT2D eigenvalue weighted by Gasteiger charge is 2.16. The first kappa shape index (κ1) is 19.2. The van der Waals surface area contributed by atoms with Gasteiger partial charge in [-0.1, -0.05) is 30.3 Å². The van der Waals surface area contributed by atoms with Crippen LogP contribution in [0.25, 0.3) is 5.69 Å². The zero-order chi connectivity index (χ0) is 19.2. The zero-order valence-corrected chi connectivity index (χ0v) is 16.1. The quantitative estimate of drug-likeness (QED) is 0.342. The van der Waals surface area contributed by atoms with Crippen LogP contribution in [-0.2, 0) is 16.0 Å². The zero-order valence-electron chi connectivity index (χ0n) is 15.3. The van der Waals surface area contributed by atoms with Crippen LogP contribution in [0.4, 0.5) is 4.39 Å². The van der Waals surface area contributed by atoms with Crippen molar-refractivity contribution in [3.8, 4) is 5.69 Å². The number of esters is 1. The van der Waals surface area contributed by atoms with E-state index in [0.717, 1.165) is 22.6 Å². The monoisotopic (exact) mass is 384 g/mol. The van der Waals surface area contributed by atoms with Crippen molar-refractivity contribution in [2.24, 2.45) is 0 Å². The summed E-state index contributed by atoms with van der Waals surface area (Å²) in [6, 6.07) is 16.4. The molecule has 0 aliphatic heterocycles. The van der Waals surface area contributed by atoms with Gasteiger partial charge < -0.3 is 4.74 Å². The summed E-state index contributed by atoms with van der Waals surface area (Å²) in [5.41, 5.74) is 3.58. The number of carbonyl (C=O) groups is 1. The van der Waals surface area contributed by atoms with Crippen LogP contribution in [0.5, 0.6) is 0 Å². The number of thioether (sulfide) groups is 1. The average molecular weight is 384 g/mol. The van der Waals surface area contributed by atoms with Crippen molar-refractivity contribution in [2.75, 3.05) is 12.4 Å². The number of ether oxygens (including phenoxy) is 1. The molecule has 0 aliphatic carbocycles. The number of carbonyl (C=O) groups excluding carboxylic acids is 1. The number of aromatic nitrogens is 2. The highest BCUT2D eigenvalue weighted by Crippen LogP contribution is 2.21. The van der Waals surface area contributed by atoms with E-state index in [9.17, 15) is 9.18 Å². The molecule has 4 nitrogen and oxygen atoms in total. The third-order valence-electron chi connectivity index (χ3n) is 4.20. The number of nitrogens with zero attached hydrogens (tertiary/aromatic N) is 2. The van der Waals surface area contributed by atoms with Crippen LogP contribution in [0, 0.1) is 19.7 Å². The lowest BCUT2D eigenvalue weighted by Crippen LogP contribution is -2.11. The molecule has 0 unspecified atom stereocenters. The lowest BCUT2D eigenvalue weighted by atomic mass is 10.1. The van der Waals surface area contributed by atoms with Gasteiger partial charge >= 0.3 is 5.97 Å². The summed E-state index contributed by atoms with van der Waals surface area (Å²) >= 11 is 1.33. The molecule has 0 bridgehead atoms. The molecule has 0 aliphatic rings. The van der Waals surface area contributed by atoms with Gasteiger partial charge in [-0.2, -0.15) is 5.10 Å². The SMILES string of the molecule is Cc1nn(-c2ccccc2)c(C)c1CC(=O)OCCSc1ccccc1F. The Morgan fingerprint density at radius 3 is 2.56 bits per heavy atom. The number of hydrogen-bond donors (Lipinski definition) is 0. The smallest absolute Gasteiger partial charge is 0.310 e. The summed E-state index contributed by atoms with van der Waals surface area (Å²) < 4.78 is 20.7. The van der Waals surface area contributed by atoms with Crippen LogP contribution >= 0.6 is 11.8 Å². The first-order chi connectivity index (χ1) is 13.1. The highest BCUT2D eigenvalue weighted by molar-refractivity contribution is 7.99. The van der Waals surface area contributed by atoms with Crippen molar-refractivity contribution in [1.29, 1.82) is 0 Å². The van der Waals surface area contributed by atoms with Gasteiger partial charge in [0.2, 0.25) is 0 Å². The molecule has 2 aromatic carbocycles. The molecule has 27 heavy (non-hydrogen) atoms. The number of aryl methyl sites for hydroxylation is 1. The maximum Gasteiger partial charge on any atom is 0.310 e. The number of rotatable bonds is 7. The second-order valence-electron chi connectivity index (χ2n) is 6.07. The number of benzene rings is 2. The number of hydrogen-bond acceptors (Lipinski definition) is 4. The normalized spacial score (nSPS) is 10.8. The molecule has 1 aromatic heterocycles. The first-order valence-corrected chi connectivity index (χ1v) is 9.68. The molecular formula is C21H21FN2O2S. The van der Waals surface area contributed by atoms with Gasteiger partial charge in [-0.25, -0.2) is 9.07 Å². The summed E-state index contributed by atoms with van der Waals surface area (Å²) in [6.45, 7) is 4.08. The van der Waals surface area contributed by atoms with Gasteiger partial charge in [0, 0.05) is 21.9 Å². The summed E-state index contributed by atoms with van der Waals surface area (Å²) in [6.07, 6.45) is 0.175. The minimum Gasteiger partial charge on any atom is -0.465 e. The van der Waals surface area contributed by atoms with E-state index < -0.39 is 0 Å². The second kappa shape index (κ2) is 8.86. The van der Waals surface area contributed by atoms with Crippen molar-refractivity contribution >= 4 is 17.7 Å². The topological polar surface area (TPSA) is 44.1 Å². The fourth-order valence-corrected chi connectivity index (χ4v) is 3.58. The van der Waals surface area contributed by atoms with E-state index >= 15 is 0 Å². The Morgan fingerprint density at radius 2 is 1.81 bits per heavy atom. The molecule has 0 N–H and O–H groups in total. The fourth-order valence-electron chi connectivity index (χ4n) is 2.82. The van der Waals surface area contributed by atoms with Crippen molar-refractivity contribution in [3.05, 3.63) is 77.4 Å². The van der Waals surface area contributed by atoms with Crippen LogP contribution in [-0.4, -0.2) is 28.1 Å². The molecule has 6 heteroatoms. The molecular weight excluding hydrogens is 363 g/mol. The molecule has 140 valence electrons. The van der Waals surface area contributed by atoms with Crippen molar-refractivity contribution in [1.82, 2.24) is 9.78 Å². The summed E-state index contributed by atoms with van der Waals surface area (Å²) in [4.78, 5) is 12.8. The third kappa shape index (κ3) is 4.77. The van der Waals surface area contributed by atoms with Gasteiger partial charge in [-0.15, -0.1) is 11.8 Å². The molecule has 0 radical (unpaired) electrons. The van der Waals surface area contributed by atoms with Crippen LogP contribution in [0.2, 0.25) is 0 Å². The third-order valence-corrected chi connectivity index (χ3v) is 5.22. The Morgan fingerprint density at radius 1 is 1.11 bits per heavy atom. The fraction of sp³-hybridized carbons (Fsp3) is 0.238. The largest absolute Gasteiger partial charge is 0.465 e. The van der Waals surface area contributed by atoms with Crippen molar-refractivity contribution in [3.63, 3.8) is 0 Å². The lowest BCUT2D eigenvalue weighted by molar-refractivity contribution is -0.142. The van der Waals surface area contributed by atoms with Gasteiger partial charge in [0.15, 0.2) is 0 Å². The standard InChI is InChI=1S/C21H21FN2O2S/c1-15-18(16(2)24(23-15)17-8-4-3-5-9-17)14-21(25)26-12-13-27-20-11-7-6-10-19(20)22/h3-11H,12-14H2,1-2H3. The summed E-state index contributed by atoms with van der Waals surface area (Å²) in [7, 11) is 0. The summed E-state index contributed by atoms with van der Waals surface area (Å²) in [5, 5.41) is 4.54. The molecule has 0 spiro atoms. The van der Waals surface area contributed by atoms with Crippen LogP contribution in [0.15, 0.2) is 59.5 Å². The molecule has 0 amide bonds. The predicted octanol–water partition coefficient (Wildman–Crippen LogP) is 4.51. The second-order valence-corrected chi connectivity index (χ2v) is 7.21. The number of halogens is 1. The average Bonchev–Trinajstić information content (AvgIpc) is 2.95. The Bertz CT molecular complexity index is 925. The molecule has 0 fully saturated rings. The van der Waals surface area contributed by atoms with E-state index in [1.165, 1.54) is 17.8 Å². The predicted molar refractivity (Wildman–Crippen MR) is 105 cm³/mol. The molecule has 3 rings (SSSR count). The molecule has 0 atom stereocenters. The highest BCUT2D eigenvalue weighted by atomic mass is 32.2. The van der Waals surface area contributed by atoms with E-state index in [0.29, 0.717) is 10.6 Å². The Hall–Kier alpha value is -2.60. The van der Waals surface area contributed by atoms with Gasteiger partial charge in [0.1, 0.15) is 12.4 Å². The van der Waals surface area contributed by atoms with Crippen LogP contribution in [0.1, 0.15) is 17.0 Å². The maximum absolute atomic E-state index is 13.6. The molecule has 0 saturated heterocycles. The maximum atomic E-state index is 13.6. The minimum atomic E-state index is -0.303. The van der Waals surface area contributed by atoms with E-state index in [-0.39, 0.29) is 24.8 Å². The van der Waals surface area contributed by atoms with Crippen LogP contribution in [0.3, 0.4) is 0 Å². The van der Waals surface area contributed by atoms with Crippen molar-refractivity contribution < 1.29 is 13.9 Å². The van der Waals surface area contributed by atoms with Gasteiger partial charge in [0.25, 0.3) is 0 Å².